The molecule has 0 aliphatic heterocycles. The van der Waals surface area contributed by atoms with Crippen molar-refractivity contribution in [1.82, 2.24) is 10.3 Å². The van der Waals surface area contributed by atoms with Crippen LogP contribution in [-0.2, 0) is 6.54 Å². The molecule has 2 aromatic rings. The number of nitrogens with one attached hydrogen (secondary N) is 2. The summed E-state index contributed by atoms with van der Waals surface area (Å²) in [5.41, 5.74) is 1.17. The molecule has 0 aliphatic carbocycles. The van der Waals surface area contributed by atoms with Crippen LogP contribution in [0.1, 0.15) is 5.56 Å². The fourth-order valence-corrected chi connectivity index (χ4v) is 1.97. The van der Waals surface area contributed by atoms with Crippen LogP contribution in [0.25, 0.3) is 0 Å². The first-order chi connectivity index (χ1) is 11.3. The molecule has 4 N–H and O–H groups in total. The monoisotopic (exact) mass is 317 g/mol. The summed E-state index contributed by atoms with van der Waals surface area (Å²) in [6.07, 6.45) is -0.649. The fourth-order valence-electron chi connectivity index (χ4n) is 1.97. The zero-order chi connectivity index (χ0) is 16.3. The van der Waals surface area contributed by atoms with Crippen LogP contribution in [0.3, 0.4) is 0 Å². The fraction of sp³-hybridized carbons (Fsp3) is 0.353. The number of aromatic nitrogens is 1. The predicted octanol–water partition coefficient (Wildman–Crippen LogP) is 1.02. The summed E-state index contributed by atoms with van der Waals surface area (Å²) >= 11 is 0. The van der Waals surface area contributed by atoms with Gasteiger partial charge in [-0.15, -0.1) is 0 Å². The lowest BCUT2D eigenvalue weighted by molar-refractivity contribution is 0.103. The van der Waals surface area contributed by atoms with E-state index < -0.39 is 6.10 Å². The number of ether oxygens (including phenoxy) is 1. The summed E-state index contributed by atoms with van der Waals surface area (Å²) < 4.78 is 5.49. The number of rotatable bonds is 10. The van der Waals surface area contributed by atoms with Crippen molar-refractivity contribution in [1.29, 1.82) is 0 Å². The normalized spacial score (nSPS) is 11.9. The summed E-state index contributed by atoms with van der Waals surface area (Å²) in [5.74, 6) is 1.18. The van der Waals surface area contributed by atoms with Gasteiger partial charge in [0.2, 0.25) is 5.88 Å². The van der Waals surface area contributed by atoms with Crippen LogP contribution in [-0.4, -0.2) is 47.6 Å². The number of hydrogen-bond donors (Lipinski definition) is 4. The molecule has 0 saturated carbocycles. The van der Waals surface area contributed by atoms with Crippen molar-refractivity contribution in [2.45, 2.75) is 12.6 Å². The minimum atomic E-state index is -0.649. The Hall–Kier alpha value is -2.15. The van der Waals surface area contributed by atoms with Gasteiger partial charge in [0.25, 0.3) is 0 Å². The van der Waals surface area contributed by atoms with E-state index in [2.05, 4.69) is 15.6 Å². The van der Waals surface area contributed by atoms with Crippen LogP contribution in [0.15, 0.2) is 48.5 Å². The van der Waals surface area contributed by atoms with Gasteiger partial charge in [0.15, 0.2) is 0 Å². The molecule has 0 bridgehead atoms. The highest BCUT2D eigenvalue weighted by Crippen LogP contribution is 2.12. The van der Waals surface area contributed by atoms with Crippen molar-refractivity contribution in [3.05, 3.63) is 54.1 Å². The predicted molar refractivity (Wildman–Crippen MR) is 89.5 cm³/mol. The van der Waals surface area contributed by atoms with E-state index in [-0.39, 0.29) is 13.2 Å². The molecule has 1 heterocycles. The Kier molecular flexibility index (Phi) is 7.32. The molecule has 1 unspecified atom stereocenters. The lowest BCUT2D eigenvalue weighted by Gasteiger charge is -2.13. The molecular formula is C17H23N3O3. The summed E-state index contributed by atoms with van der Waals surface area (Å²) in [6, 6.07) is 15.5. The molecule has 2 rings (SSSR count). The lowest BCUT2D eigenvalue weighted by Crippen LogP contribution is -2.33. The standard InChI is InChI=1S/C17H23N3O3/c21-10-9-18-12-15(22)13-23-17-8-4-7-16(20-17)19-11-14-5-2-1-3-6-14/h1-8,15,18,21-22H,9-13H2,(H,19,20). The quantitative estimate of drug-likeness (QED) is 0.489. The molecule has 124 valence electrons. The molecular weight excluding hydrogens is 294 g/mol. The minimum Gasteiger partial charge on any atom is -0.475 e. The van der Waals surface area contributed by atoms with E-state index in [4.69, 9.17) is 9.84 Å². The Bertz CT molecular complexity index is 566. The lowest BCUT2D eigenvalue weighted by atomic mass is 10.2. The molecule has 6 nitrogen and oxygen atoms in total. The summed E-state index contributed by atoms with van der Waals surface area (Å²) in [4.78, 5) is 4.35. The van der Waals surface area contributed by atoms with E-state index >= 15 is 0 Å². The maximum Gasteiger partial charge on any atom is 0.215 e. The SMILES string of the molecule is OCCNCC(O)COc1cccc(NCc2ccccc2)n1. The molecule has 0 aliphatic rings. The molecule has 6 heteroatoms. The van der Waals surface area contributed by atoms with Gasteiger partial charge in [0.1, 0.15) is 18.5 Å². The van der Waals surface area contributed by atoms with Crippen molar-refractivity contribution in [2.75, 3.05) is 31.6 Å². The third-order valence-corrected chi connectivity index (χ3v) is 3.13. The van der Waals surface area contributed by atoms with Crippen LogP contribution in [0.2, 0.25) is 0 Å². The van der Waals surface area contributed by atoms with Gasteiger partial charge in [-0.25, -0.2) is 0 Å². The Morgan fingerprint density at radius 2 is 1.91 bits per heavy atom. The van der Waals surface area contributed by atoms with Gasteiger partial charge in [0.05, 0.1) is 6.61 Å². The maximum atomic E-state index is 9.75. The third-order valence-electron chi connectivity index (χ3n) is 3.13. The Morgan fingerprint density at radius 3 is 2.70 bits per heavy atom. The van der Waals surface area contributed by atoms with E-state index in [0.29, 0.717) is 25.5 Å². The van der Waals surface area contributed by atoms with Crippen molar-refractivity contribution in [3.8, 4) is 5.88 Å². The van der Waals surface area contributed by atoms with Gasteiger partial charge in [0, 0.05) is 25.7 Å². The second-order valence-electron chi connectivity index (χ2n) is 5.09. The number of anilines is 1. The van der Waals surface area contributed by atoms with E-state index in [9.17, 15) is 5.11 Å². The largest absolute Gasteiger partial charge is 0.475 e. The maximum absolute atomic E-state index is 9.75. The molecule has 0 radical (unpaired) electrons. The molecule has 0 fully saturated rings. The van der Waals surface area contributed by atoms with E-state index in [1.165, 1.54) is 5.56 Å². The summed E-state index contributed by atoms with van der Waals surface area (Å²) in [6.45, 7) is 1.70. The number of pyridine rings is 1. The number of aliphatic hydroxyl groups excluding tert-OH is 2. The van der Waals surface area contributed by atoms with Gasteiger partial charge in [-0.2, -0.15) is 4.98 Å². The van der Waals surface area contributed by atoms with Crippen LogP contribution in [0.4, 0.5) is 5.82 Å². The third kappa shape index (κ3) is 6.65. The van der Waals surface area contributed by atoms with Gasteiger partial charge in [-0.1, -0.05) is 36.4 Å². The van der Waals surface area contributed by atoms with Crippen LogP contribution in [0, 0.1) is 0 Å². The highest BCUT2D eigenvalue weighted by Gasteiger charge is 2.06. The van der Waals surface area contributed by atoms with Crippen LogP contribution in [0.5, 0.6) is 5.88 Å². The van der Waals surface area contributed by atoms with Crippen LogP contribution >= 0.6 is 0 Å². The number of aliphatic hydroxyl groups is 2. The minimum absolute atomic E-state index is 0.0459. The van der Waals surface area contributed by atoms with E-state index in [1.807, 2.05) is 42.5 Å². The van der Waals surface area contributed by atoms with Crippen molar-refractivity contribution in [2.24, 2.45) is 0 Å². The summed E-state index contributed by atoms with van der Waals surface area (Å²) in [5, 5.41) is 24.5. The highest BCUT2D eigenvalue weighted by molar-refractivity contribution is 5.38. The Labute approximate surface area is 136 Å². The van der Waals surface area contributed by atoms with Gasteiger partial charge in [-0.05, 0) is 11.6 Å². The molecule has 1 atom stereocenters. The first-order valence-corrected chi connectivity index (χ1v) is 7.65. The first-order valence-electron chi connectivity index (χ1n) is 7.65. The zero-order valence-corrected chi connectivity index (χ0v) is 13.0. The molecule has 0 spiro atoms. The van der Waals surface area contributed by atoms with Crippen LogP contribution < -0.4 is 15.4 Å². The van der Waals surface area contributed by atoms with Gasteiger partial charge >= 0.3 is 0 Å². The molecule has 0 amide bonds. The number of nitrogens with zero attached hydrogens (tertiary/aromatic N) is 1. The van der Waals surface area contributed by atoms with Crippen molar-refractivity contribution in [3.63, 3.8) is 0 Å². The van der Waals surface area contributed by atoms with Crippen molar-refractivity contribution >= 4 is 5.82 Å². The average molecular weight is 317 g/mol. The van der Waals surface area contributed by atoms with Gasteiger partial charge < -0.3 is 25.6 Å². The number of benzene rings is 1. The van der Waals surface area contributed by atoms with Gasteiger partial charge in [-0.3, -0.25) is 0 Å². The van der Waals surface area contributed by atoms with E-state index in [0.717, 1.165) is 5.82 Å². The second kappa shape index (κ2) is 9.78. The van der Waals surface area contributed by atoms with E-state index in [1.54, 1.807) is 6.07 Å². The molecule has 23 heavy (non-hydrogen) atoms. The Balaban J connectivity index is 1.78. The van der Waals surface area contributed by atoms with Crippen molar-refractivity contribution < 1.29 is 14.9 Å². The Morgan fingerprint density at radius 1 is 1.09 bits per heavy atom. The zero-order valence-electron chi connectivity index (χ0n) is 13.0. The topological polar surface area (TPSA) is 86.6 Å². The number of hydrogen-bond acceptors (Lipinski definition) is 6. The smallest absolute Gasteiger partial charge is 0.215 e. The average Bonchev–Trinajstić information content (AvgIpc) is 2.60. The highest BCUT2D eigenvalue weighted by atomic mass is 16.5. The summed E-state index contributed by atoms with van der Waals surface area (Å²) in [7, 11) is 0. The molecule has 0 saturated heterocycles. The second-order valence-corrected chi connectivity index (χ2v) is 5.09. The molecule has 1 aromatic heterocycles. The first kappa shape index (κ1) is 17.2. The molecule has 1 aromatic carbocycles.